The molecule has 18 heavy (non-hydrogen) atoms. The number of allylic oxidation sites excluding steroid dienone is 1. The Bertz CT molecular complexity index is 416. The average Bonchev–Trinajstić information content (AvgIpc) is 2.35. The van der Waals surface area contributed by atoms with E-state index in [-0.39, 0.29) is 5.91 Å². The lowest BCUT2D eigenvalue weighted by molar-refractivity contribution is 0.0956. The van der Waals surface area contributed by atoms with E-state index in [1.54, 1.807) is 18.2 Å². The van der Waals surface area contributed by atoms with Gasteiger partial charge in [0.15, 0.2) is 0 Å². The fourth-order valence-corrected chi connectivity index (χ4v) is 1.63. The van der Waals surface area contributed by atoms with Crippen LogP contribution in [-0.2, 0) is 0 Å². The van der Waals surface area contributed by atoms with E-state index in [2.05, 4.69) is 17.2 Å². The summed E-state index contributed by atoms with van der Waals surface area (Å²) < 4.78 is 0. The minimum absolute atomic E-state index is 0.0799. The van der Waals surface area contributed by atoms with Crippen LogP contribution < -0.4 is 16.4 Å². The first kappa shape index (κ1) is 14.1. The Balaban J connectivity index is 2.76. The molecule has 0 saturated carbocycles. The largest absolute Gasteiger partial charge is 0.399 e. The Hall–Kier alpha value is -1.97. The Kier molecular flexibility index (Phi) is 5.77. The van der Waals surface area contributed by atoms with Crippen molar-refractivity contribution in [1.29, 1.82) is 0 Å². The second-order valence-corrected chi connectivity index (χ2v) is 4.02. The van der Waals surface area contributed by atoms with Crippen LogP contribution in [0, 0.1) is 0 Å². The normalized spacial score (nSPS) is 9.83. The summed E-state index contributed by atoms with van der Waals surface area (Å²) in [6, 6.07) is 5.27. The molecule has 98 valence electrons. The van der Waals surface area contributed by atoms with E-state index >= 15 is 0 Å². The minimum Gasteiger partial charge on any atom is -0.399 e. The lowest BCUT2D eigenvalue weighted by atomic mass is 10.1. The van der Waals surface area contributed by atoms with Crippen LogP contribution in [0.1, 0.15) is 30.1 Å². The van der Waals surface area contributed by atoms with Gasteiger partial charge in [-0.1, -0.05) is 6.08 Å². The maximum absolute atomic E-state index is 11.9. The topological polar surface area (TPSA) is 67.1 Å². The van der Waals surface area contributed by atoms with Gasteiger partial charge in [-0.2, -0.15) is 0 Å². The zero-order chi connectivity index (χ0) is 13.4. The molecule has 0 radical (unpaired) electrons. The van der Waals surface area contributed by atoms with Gasteiger partial charge in [0.25, 0.3) is 5.91 Å². The fourth-order valence-electron chi connectivity index (χ4n) is 1.63. The van der Waals surface area contributed by atoms with E-state index in [0.717, 1.165) is 25.1 Å². The van der Waals surface area contributed by atoms with Crippen LogP contribution in [0.2, 0.25) is 0 Å². The predicted octanol–water partition coefficient (Wildman–Crippen LogP) is 2.40. The van der Waals surface area contributed by atoms with E-state index in [4.69, 9.17) is 5.73 Å². The molecule has 0 unspecified atom stereocenters. The summed E-state index contributed by atoms with van der Waals surface area (Å²) in [6.07, 6.45) is 3.81. The quantitative estimate of drug-likeness (QED) is 0.394. The van der Waals surface area contributed by atoms with Crippen molar-refractivity contribution < 1.29 is 4.79 Å². The van der Waals surface area contributed by atoms with Crippen LogP contribution in [-0.4, -0.2) is 19.0 Å². The molecule has 0 spiro atoms. The van der Waals surface area contributed by atoms with Crippen molar-refractivity contribution >= 4 is 17.3 Å². The van der Waals surface area contributed by atoms with Crippen molar-refractivity contribution in [3.63, 3.8) is 0 Å². The lowest BCUT2D eigenvalue weighted by Gasteiger charge is -2.12. The number of nitrogens with two attached hydrogens (primary N) is 1. The monoisotopic (exact) mass is 247 g/mol. The highest BCUT2D eigenvalue weighted by Gasteiger charge is 2.10. The van der Waals surface area contributed by atoms with Gasteiger partial charge in [-0.25, -0.2) is 0 Å². The molecule has 4 heteroatoms. The summed E-state index contributed by atoms with van der Waals surface area (Å²) in [5.74, 6) is -0.0799. The van der Waals surface area contributed by atoms with Crippen molar-refractivity contribution in [3.8, 4) is 0 Å². The van der Waals surface area contributed by atoms with Crippen LogP contribution in [0.15, 0.2) is 30.9 Å². The van der Waals surface area contributed by atoms with Crippen molar-refractivity contribution in [2.24, 2.45) is 0 Å². The summed E-state index contributed by atoms with van der Waals surface area (Å²) in [5.41, 5.74) is 7.80. The van der Waals surface area contributed by atoms with E-state index in [1.165, 1.54) is 0 Å². The number of carbonyl (C=O) groups is 1. The zero-order valence-electron chi connectivity index (χ0n) is 10.8. The molecule has 0 aliphatic rings. The van der Waals surface area contributed by atoms with E-state index in [1.807, 2.05) is 13.0 Å². The Morgan fingerprint density at radius 3 is 2.94 bits per heavy atom. The molecule has 0 bridgehead atoms. The van der Waals surface area contributed by atoms with Gasteiger partial charge in [-0.3, -0.25) is 4.79 Å². The van der Waals surface area contributed by atoms with Gasteiger partial charge in [-0.05, 0) is 38.0 Å². The summed E-state index contributed by atoms with van der Waals surface area (Å²) in [5, 5.41) is 6.03. The maximum atomic E-state index is 11.9. The highest BCUT2D eigenvalue weighted by atomic mass is 16.1. The Labute approximate surface area is 108 Å². The first-order valence-corrected chi connectivity index (χ1v) is 6.21. The number of hydrogen-bond acceptors (Lipinski definition) is 3. The molecule has 1 rings (SSSR count). The molecular formula is C14H21N3O. The third-order valence-electron chi connectivity index (χ3n) is 2.53. The number of hydrogen-bond donors (Lipinski definition) is 3. The van der Waals surface area contributed by atoms with Crippen LogP contribution >= 0.6 is 0 Å². The SMILES string of the molecule is C=CCCCNc1cc(N)ccc1C(=O)NCC. The molecule has 1 aromatic carbocycles. The number of rotatable bonds is 7. The molecule has 0 aromatic heterocycles. The first-order valence-electron chi connectivity index (χ1n) is 6.21. The molecule has 0 aliphatic heterocycles. The van der Waals surface area contributed by atoms with Crippen LogP contribution in [0.4, 0.5) is 11.4 Å². The van der Waals surface area contributed by atoms with Gasteiger partial charge in [0.1, 0.15) is 0 Å². The summed E-state index contributed by atoms with van der Waals surface area (Å²) in [7, 11) is 0. The number of nitrogens with one attached hydrogen (secondary N) is 2. The third kappa shape index (κ3) is 4.13. The Morgan fingerprint density at radius 1 is 1.50 bits per heavy atom. The molecular weight excluding hydrogens is 226 g/mol. The van der Waals surface area contributed by atoms with Gasteiger partial charge in [0.05, 0.1) is 5.56 Å². The number of anilines is 2. The zero-order valence-corrected chi connectivity index (χ0v) is 10.8. The molecule has 0 atom stereocenters. The number of benzene rings is 1. The fraction of sp³-hybridized carbons (Fsp3) is 0.357. The second kappa shape index (κ2) is 7.37. The van der Waals surface area contributed by atoms with Crippen molar-refractivity contribution in [1.82, 2.24) is 5.32 Å². The second-order valence-electron chi connectivity index (χ2n) is 4.02. The molecule has 0 aliphatic carbocycles. The van der Waals surface area contributed by atoms with Gasteiger partial charge >= 0.3 is 0 Å². The molecule has 1 amide bonds. The van der Waals surface area contributed by atoms with Crippen molar-refractivity contribution in [2.45, 2.75) is 19.8 Å². The van der Waals surface area contributed by atoms with Crippen LogP contribution in [0.25, 0.3) is 0 Å². The highest BCUT2D eigenvalue weighted by Crippen LogP contribution is 2.19. The van der Waals surface area contributed by atoms with Gasteiger partial charge in [0.2, 0.25) is 0 Å². The molecule has 4 nitrogen and oxygen atoms in total. The standard InChI is InChI=1S/C14H21N3O/c1-3-5-6-9-17-13-10-11(15)7-8-12(13)14(18)16-4-2/h3,7-8,10,17H,1,4-6,9,15H2,2H3,(H,16,18). The minimum atomic E-state index is -0.0799. The van der Waals surface area contributed by atoms with Crippen molar-refractivity contribution in [2.75, 3.05) is 24.1 Å². The van der Waals surface area contributed by atoms with E-state index in [0.29, 0.717) is 17.8 Å². The van der Waals surface area contributed by atoms with Gasteiger partial charge < -0.3 is 16.4 Å². The maximum Gasteiger partial charge on any atom is 0.253 e. The average molecular weight is 247 g/mol. The van der Waals surface area contributed by atoms with E-state index < -0.39 is 0 Å². The van der Waals surface area contributed by atoms with Crippen LogP contribution in [0.3, 0.4) is 0 Å². The third-order valence-corrected chi connectivity index (χ3v) is 2.53. The number of unbranched alkanes of at least 4 members (excludes halogenated alkanes) is 1. The molecule has 0 heterocycles. The number of nitrogen functional groups attached to an aromatic ring is 1. The molecule has 0 saturated heterocycles. The first-order chi connectivity index (χ1) is 8.69. The van der Waals surface area contributed by atoms with Gasteiger partial charge in [0, 0.05) is 24.5 Å². The molecule has 0 fully saturated rings. The number of carbonyl (C=O) groups excluding carboxylic acids is 1. The van der Waals surface area contributed by atoms with E-state index in [9.17, 15) is 4.79 Å². The lowest BCUT2D eigenvalue weighted by Crippen LogP contribution is -2.24. The molecule has 1 aromatic rings. The summed E-state index contributed by atoms with van der Waals surface area (Å²) in [4.78, 5) is 11.9. The summed E-state index contributed by atoms with van der Waals surface area (Å²) >= 11 is 0. The molecule has 4 N–H and O–H groups in total. The van der Waals surface area contributed by atoms with Crippen LogP contribution in [0.5, 0.6) is 0 Å². The van der Waals surface area contributed by atoms with Crippen molar-refractivity contribution in [3.05, 3.63) is 36.4 Å². The highest BCUT2D eigenvalue weighted by molar-refractivity contribution is 6.00. The number of amides is 1. The summed E-state index contributed by atoms with van der Waals surface area (Å²) in [6.45, 7) is 6.98. The Morgan fingerprint density at radius 2 is 2.28 bits per heavy atom. The predicted molar refractivity (Wildman–Crippen MR) is 76.8 cm³/mol. The smallest absolute Gasteiger partial charge is 0.253 e. The van der Waals surface area contributed by atoms with Gasteiger partial charge in [-0.15, -0.1) is 6.58 Å².